The van der Waals surface area contributed by atoms with Crippen LogP contribution in [0.4, 0.5) is 11.5 Å². The van der Waals surface area contributed by atoms with Crippen molar-refractivity contribution in [2.24, 2.45) is 5.92 Å². The Morgan fingerprint density at radius 1 is 1.50 bits per heavy atom. The van der Waals surface area contributed by atoms with Crippen molar-refractivity contribution in [3.63, 3.8) is 0 Å². The Kier molecular flexibility index (Phi) is 4.00. The summed E-state index contributed by atoms with van der Waals surface area (Å²) in [6.45, 7) is 5.93. The zero-order valence-electron chi connectivity index (χ0n) is 9.27. The predicted molar refractivity (Wildman–Crippen MR) is 61.6 cm³/mol. The standard InChI is InChI=1S/C9H13ClN4O2/c1-5(2)6(3)12-8-7(14(15)16)4-11-9(10)13-8/h4-6H,1-3H3,(H,11,12,13). The fraction of sp³-hybridized carbons (Fsp3) is 0.556. The quantitative estimate of drug-likeness (QED) is 0.500. The van der Waals surface area contributed by atoms with Crippen LogP contribution in [-0.4, -0.2) is 20.9 Å². The van der Waals surface area contributed by atoms with Gasteiger partial charge in [-0.05, 0) is 24.4 Å². The van der Waals surface area contributed by atoms with E-state index in [0.29, 0.717) is 5.92 Å². The lowest BCUT2D eigenvalue weighted by Gasteiger charge is -2.17. The van der Waals surface area contributed by atoms with Gasteiger partial charge in [-0.2, -0.15) is 4.98 Å². The highest BCUT2D eigenvalue weighted by Crippen LogP contribution is 2.23. The molecule has 1 unspecified atom stereocenters. The molecule has 0 aliphatic heterocycles. The van der Waals surface area contributed by atoms with E-state index < -0.39 is 4.92 Å². The first-order valence-corrected chi connectivity index (χ1v) is 5.23. The molecule has 0 radical (unpaired) electrons. The number of nitrogens with zero attached hydrogens (tertiary/aromatic N) is 3. The van der Waals surface area contributed by atoms with Gasteiger partial charge in [-0.3, -0.25) is 10.1 Å². The van der Waals surface area contributed by atoms with Crippen LogP contribution in [0.15, 0.2) is 6.20 Å². The van der Waals surface area contributed by atoms with Crippen molar-refractivity contribution in [1.82, 2.24) is 9.97 Å². The van der Waals surface area contributed by atoms with Crippen molar-refractivity contribution >= 4 is 23.1 Å². The van der Waals surface area contributed by atoms with E-state index in [4.69, 9.17) is 11.6 Å². The third-order valence-corrected chi connectivity index (χ3v) is 2.48. The number of hydrogen-bond donors (Lipinski definition) is 1. The van der Waals surface area contributed by atoms with Gasteiger partial charge in [-0.15, -0.1) is 0 Å². The Morgan fingerprint density at radius 3 is 2.62 bits per heavy atom. The SMILES string of the molecule is CC(C)C(C)Nc1nc(Cl)ncc1[N+](=O)[O-]. The summed E-state index contributed by atoms with van der Waals surface area (Å²) in [5, 5.41) is 13.7. The molecule has 0 aliphatic carbocycles. The highest BCUT2D eigenvalue weighted by Gasteiger charge is 2.19. The molecule has 1 N–H and O–H groups in total. The van der Waals surface area contributed by atoms with E-state index in [2.05, 4.69) is 15.3 Å². The van der Waals surface area contributed by atoms with E-state index >= 15 is 0 Å². The van der Waals surface area contributed by atoms with E-state index in [0.717, 1.165) is 6.20 Å². The molecule has 1 aromatic rings. The van der Waals surface area contributed by atoms with Gasteiger partial charge in [0.05, 0.1) is 4.92 Å². The second kappa shape index (κ2) is 5.07. The third-order valence-electron chi connectivity index (χ3n) is 2.30. The topological polar surface area (TPSA) is 81.0 Å². The largest absolute Gasteiger partial charge is 0.361 e. The highest BCUT2D eigenvalue weighted by molar-refractivity contribution is 6.28. The number of nitrogens with one attached hydrogen (secondary N) is 1. The smallest absolute Gasteiger partial charge is 0.329 e. The molecule has 88 valence electrons. The average Bonchev–Trinajstić information content (AvgIpc) is 2.16. The lowest BCUT2D eigenvalue weighted by molar-refractivity contribution is -0.384. The molecule has 0 aliphatic rings. The molecule has 6 nitrogen and oxygen atoms in total. The molecule has 0 bridgehead atoms. The Labute approximate surface area is 98.2 Å². The number of rotatable bonds is 4. The minimum atomic E-state index is -0.536. The summed E-state index contributed by atoms with van der Waals surface area (Å²) in [6.07, 6.45) is 1.10. The summed E-state index contributed by atoms with van der Waals surface area (Å²) in [5.41, 5.74) is -0.170. The summed E-state index contributed by atoms with van der Waals surface area (Å²) < 4.78 is 0. The molecule has 0 fully saturated rings. The minimum absolute atomic E-state index is 0.0101. The van der Waals surface area contributed by atoms with Gasteiger partial charge < -0.3 is 5.32 Å². The van der Waals surface area contributed by atoms with Crippen LogP contribution in [0.25, 0.3) is 0 Å². The summed E-state index contributed by atoms with van der Waals surface area (Å²) in [7, 11) is 0. The second-order valence-electron chi connectivity index (χ2n) is 3.81. The number of hydrogen-bond acceptors (Lipinski definition) is 5. The average molecular weight is 245 g/mol. The molecule has 7 heteroatoms. The molecule has 0 saturated heterocycles. The van der Waals surface area contributed by atoms with Gasteiger partial charge >= 0.3 is 5.69 Å². The van der Waals surface area contributed by atoms with Crippen molar-refractivity contribution in [2.45, 2.75) is 26.8 Å². The van der Waals surface area contributed by atoms with E-state index in [1.165, 1.54) is 0 Å². The van der Waals surface area contributed by atoms with Crippen molar-refractivity contribution in [2.75, 3.05) is 5.32 Å². The number of halogens is 1. The van der Waals surface area contributed by atoms with Gasteiger partial charge in [0, 0.05) is 6.04 Å². The summed E-state index contributed by atoms with van der Waals surface area (Å²) in [6, 6.07) is 0.0599. The van der Waals surface area contributed by atoms with E-state index in [1.807, 2.05) is 20.8 Å². The van der Waals surface area contributed by atoms with Crippen LogP contribution in [-0.2, 0) is 0 Å². The van der Waals surface area contributed by atoms with Crippen LogP contribution >= 0.6 is 11.6 Å². The molecule has 16 heavy (non-hydrogen) atoms. The molecule has 1 rings (SSSR count). The number of aromatic nitrogens is 2. The number of nitro groups is 1. The van der Waals surface area contributed by atoms with Gasteiger partial charge in [-0.25, -0.2) is 4.98 Å². The van der Waals surface area contributed by atoms with E-state index in [9.17, 15) is 10.1 Å². The number of anilines is 1. The fourth-order valence-electron chi connectivity index (χ4n) is 0.976. The van der Waals surface area contributed by atoms with Crippen LogP contribution in [0.3, 0.4) is 0 Å². The van der Waals surface area contributed by atoms with E-state index in [1.54, 1.807) is 0 Å². The first kappa shape index (κ1) is 12.6. The maximum Gasteiger partial charge on any atom is 0.329 e. The molecule has 0 aromatic carbocycles. The summed E-state index contributed by atoms with van der Waals surface area (Å²) in [5.74, 6) is 0.486. The Bertz CT molecular complexity index is 397. The summed E-state index contributed by atoms with van der Waals surface area (Å²) in [4.78, 5) is 17.6. The maximum absolute atomic E-state index is 10.7. The lowest BCUT2D eigenvalue weighted by atomic mass is 10.1. The van der Waals surface area contributed by atoms with Crippen molar-refractivity contribution in [3.8, 4) is 0 Å². The summed E-state index contributed by atoms with van der Waals surface area (Å²) >= 11 is 5.60. The molecule has 0 amide bonds. The first-order valence-electron chi connectivity index (χ1n) is 4.85. The Hall–Kier alpha value is -1.43. The van der Waals surface area contributed by atoms with Crippen LogP contribution in [0.1, 0.15) is 20.8 Å². The van der Waals surface area contributed by atoms with Crippen molar-refractivity contribution in [3.05, 3.63) is 21.6 Å². The zero-order valence-corrected chi connectivity index (χ0v) is 10.0. The second-order valence-corrected chi connectivity index (χ2v) is 4.15. The Balaban J connectivity index is 3.01. The molecule has 1 atom stereocenters. The molecular formula is C9H13ClN4O2. The predicted octanol–water partition coefficient (Wildman–Crippen LogP) is 2.49. The van der Waals surface area contributed by atoms with Crippen LogP contribution in [0.5, 0.6) is 0 Å². The van der Waals surface area contributed by atoms with Gasteiger partial charge in [0.15, 0.2) is 0 Å². The highest BCUT2D eigenvalue weighted by atomic mass is 35.5. The zero-order chi connectivity index (χ0) is 12.3. The van der Waals surface area contributed by atoms with Gasteiger partial charge in [0.25, 0.3) is 0 Å². The fourth-order valence-corrected chi connectivity index (χ4v) is 1.11. The molecular weight excluding hydrogens is 232 g/mol. The molecule has 0 saturated carbocycles. The van der Waals surface area contributed by atoms with Crippen molar-refractivity contribution < 1.29 is 4.92 Å². The Morgan fingerprint density at radius 2 is 2.12 bits per heavy atom. The van der Waals surface area contributed by atoms with Crippen molar-refractivity contribution in [1.29, 1.82) is 0 Å². The van der Waals surface area contributed by atoms with Crippen LogP contribution in [0, 0.1) is 16.0 Å². The van der Waals surface area contributed by atoms with E-state index in [-0.39, 0.29) is 22.8 Å². The monoisotopic (exact) mass is 244 g/mol. The molecule has 1 heterocycles. The normalized spacial score (nSPS) is 12.6. The van der Waals surface area contributed by atoms with Crippen LogP contribution < -0.4 is 5.32 Å². The molecule has 0 spiro atoms. The first-order chi connectivity index (χ1) is 7.41. The maximum atomic E-state index is 10.7. The third kappa shape index (κ3) is 3.03. The van der Waals surface area contributed by atoms with Crippen LogP contribution in [0.2, 0.25) is 5.28 Å². The molecule has 1 aromatic heterocycles. The van der Waals surface area contributed by atoms with Gasteiger partial charge in [0.1, 0.15) is 6.20 Å². The van der Waals surface area contributed by atoms with Gasteiger partial charge in [-0.1, -0.05) is 13.8 Å². The minimum Gasteiger partial charge on any atom is -0.361 e. The van der Waals surface area contributed by atoms with Gasteiger partial charge in [0.2, 0.25) is 11.1 Å². The lowest BCUT2D eigenvalue weighted by Crippen LogP contribution is -2.22.